The predicted octanol–water partition coefficient (Wildman–Crippen LogP) is 3.05. The Morgan fingerprint density at radius 1 is 1.25 bits per heavy atom. The fraction of sp³-hybridized carbons (Fsp3) is 0.167. The van der Waals surface area contributed by atoms with Crippen molar-refractivity contribution in [3.05, 3.63) is 53.1 Å². The first-order chi connectivity index (χ1) is 7.75. The summed E-state index contributed by atoms with van der Waals surface area (Å²) in [7, 11) is 0. The Bertz CT molecular complexity index is 468. The molecule has 0 aliphatic rings. The van der Waals surface area contributed by atoms with Crippen LogP contribution in [0.4, 0.5) is 5.69 Å². The van der Waals surface area contributed by atoms with E-state index >= 15 is 0 Å². The fourth-order valence-electron chi connectivity index (χ4n) is 1.30. The standard InChI is InChI=1S/C12H12ClN3/c1-9-2-3-10(15-6-9)7-16-12-8-14-5-4-11(12)13/h2-6,8,16H,7H2,1H3. The van der Waals surface area contributed by atoms with Crippen molar-refractivity contribution in [2.75, 3.05) is 5.32 Å². The molecule has 0 spiro atoms. The zero-order valence-corrected chi connectivity index (χ0v) is 9.70. The Morgan fingerprint density at radius 3 is 2.81 bits per heavy atom. The molecular weight excluding hydrogens is 222 g/mol. The lowest BCUT2D eigenvalue weighted by atomic mass is 10.3. The van der Waals surface area contributed by atoms with Crippen LogP contribution in [0, 0.1) is 6.92 Å². The van der Waals surface area contributed by atoms with Gasteiger partial charge in [-0.2, -0.15) is 0 Å². The predicted molar refractivity (Wildman–Crippen MR) is 65.5 cm³/mol. The van der Waals surface area contributed by atoms with Crippen LogP contribution in [0.5, 0.6) is 0 Å². The van der Waals surface area contributed by atoms with Gasteiger partial charge in [-0.15, -0.1) is 0 Å². The fourth-order valence-corrected chi connectivity index (χ4v) is 1.47. The molecule has 0 saturated heterocycles. The van der Waals surface area contributed by atoms with E-state index in [1.165, 1.54) is 0 Å². The van der Waals surface area contributed by atoms with Crippen LogP contribution in [-0.4, -0.2) is 9.97 Å². The maximum absolute atomic E-state index is 5.99. The Balaban J connectivity index is 2.02. The summed E-state index contributed by atoms with van der Waals surface area (Å²) in [4.78, 5) is 8.30. The van der Waals surface area contributed by atoms with Gasteiger partial charge < -0.3 is 5.32 Å². The zero-order chi connectivity index (χ0) is 11.4. The number of pyridine rings is 2. The monoisotopic (exact) mass is 233 g/mol. The number of aryl methyl sites for hydroxylation is 1. The molecule has 0 aromatic carbocycles. The Labute approximate surface area is 99.5 Å². The summed E-state index contributed by atoms with van der Waals surface area (Å²) < 4.78 is 0. The van der Waals surface area contributed by atoms with Gasteiger partial charge in [0.25, 0.3) is 0 Å². The summed E-state index contributed by atoms with van der Waals surface area (Å²) in [5.74, 6) is 0. The van der Waals surface area contributed by atoms with E-state index in [1.54, 1.807) is 18.5 Å². The second kappa shape index (κ2) is 4.94. The third-order valence-electron chi connectivity index (χ3n) is 2.20. The summed E-state index contributed by atoms with van der Waals surface area (Å²) in [6.45, 7) is 2.66. The van der Waals surface area contributed by atoms with E-state index in [1.807, 2.05) is 25.3 Å². The summed E-state index contributed by atoms with van der Waals surface area (Å²) in [6.07, 6.45) is 5.22. The topological polar surface area (TPSA) is 37.8 Å². The van der Waals surface area contributed by atoms with Crippen LogP contribution in [0.1, 0.15) is 11.3 Å². The number of hydrogen-bond donors (Lipinski definition) is 1. The number of nitrogens with one attached hydrogen (secondary N) is 1. The van der Waals surface area contributed by atoms with Gasteiger partial charge in [0.2, 0.25) is 0 Å². The molecular formula is C12H12ClN3. The molecule has 2 aromatic heterocycles. The molecule has 1 N–H and O–H groups in total. The normalized spacial score (nSPS) is 10.1. The smallest absolute Gasteiger partial charge is 0.0719 e. The van der Waals surface area contributed by atoms with Gasteiger partial charge in [0.1, 0.15) is 0 Å². The van der Waals surface area contributed by atoms with Gasteiger partial charge in [0, 0.05) is 12.4 Å². The quantitative estimate of drug-likeness (QED) is 0.886. The van der Waals surface area contributed by atoms with Crippen molar-refractivity contribution >= 4 is 17.3 Å². The lowest BCUT2D eigenvalue weighted by molar-refractivity contribution is 1.03. The first kappa shape index (κ1) is 10.9. The van der Waals surface area contributed by atoms with E-state index in [9.17, 15) is 0 Å². The highest BCUT2D eigenvalue weighted by molar-refractivity contribution is 6.33. The maximum atomic E-state index is 5.99. The van der Waals surface area contributed by atoms with Crippen LogP contribution in [0.25, 0.3) is 0 Å². The zero-order valence-electron chi connectivity index (χ0n) is 8.94. The highest BCUT2D eigenvalue weighted by Crippen LogP contribution is 2.19. The molecule has 0 radical (unpaired) electrons. The number of anilines is 1. The third kappa shape index (κ3) is 2.70. The SMILES string of the molecule is Cc1ccc(CNc2cnccc2Cl)nc1. The molecule has 0 fully saturated rings. The van der Waals surface area contributed by atoms with E-state index in [4.69, 9.17) is 11.6 Å². The minimum atomic E-state index is 0.645. The van der Waals surface area contributed by atoms with Gasteiger partial charge in [0.05, 0.1) is 29.1 Å². The van der Waals surface area contributed by atoms with Gasteiger partial charge >= 0.3 is 0 Å². The van der Waals surface area contributed by atoms with Crippen molar-refractivity contribution in [1.29, 1.82) is 0 Å². The molecule has 0 atom stereocenters. The van der Waals surface area contributed by atoms with Gasteiger partial charge in [-0.05, 0) is 24.6 Å². The van der Waals surface area contributed by atoms with Crippen LogP contribution in [0.2, 0.25) is 5.02 Å². The summed E-state index contributed by atoms with van der Waals surface area (Å²) in [6, 6.07) is 5.79. The first-order valence-electron chi connectivity index (χ1n) is 5.00. The molecule has 2 heterocycles. The average molecular weight is 234 g/mol. The number of aromatic nitrogens is 2. The molecule has 82 valence electrons. The molecule has 0 aliphatic heterocycles. The number of nitrogens with zero attached hydrogens (tertiary/aromatic N) is 2. The highest BCUT2D eigenvalue weighted by Gasteiger charge is 1.99. The van der Waals surface area contributed by atoms with E-state index < -0.39 is 0 Å². The molecule has 0 aliphatic carbocycles. The maximum Gasteiger partial charge on any atom is 0.0719 e. The van der Waals surface area contributed by atoms with Crippen molar-refractivity contribution in [1.82, 2.24) is 9.97 Å². The van der Waals surface area contributed by atoms with Gasteiger partial charge in [-0.25, -0.2) is 0 Å². The molecule has 0 amide bonds. The molecule has 3 nitrogen and oxygen atoms in total. The van der Waals surface area contributed by atoms with Gasteiger partial charge in [0.15, 0.2) is 0 Å². The molecule has 16 heavy (non-hydrogen) atoms. The van der Waals surface area contributed by atoms with Crippen LogP contribution in [0.15, 0.2) is 36.8 Å². The molecule has 2 aromatic rings. The highest BCUT2D eigenvalue weighted by atomic mass is 35.5. The minimum Gasteiger partial charge on any atom is -0.377 e. The van der Waals surface area contributed by atoms with Gasteiger partial charge in [-0.1, -0.05) is 17.7 Å². The Hall–Kier alpha value is -1.61. The lowest BCUT2D eigenvalue weighted by Gasteiger charge is -2.06. The molecule has 2 rings (SSSR count). The van der Waals surface area contributed by atoms with Crippen molar-refractivity contribution < 1.29 is 0 Å². The van der Waals surface area contributed by atoms with Crippen molar-refractivity contribution in [2.24, 2.45) is 0 Å². The molecule has 0 unspecified atom stereocenters. The summed E-state index contributed by atoms with van der Waals surface area (Å²) >= 11 is 5.99. The average Bonchev–Trinajstić information content (AvgIpc) is 2.30. The van der Waals surface area contributed by atoms with Crippen molar-refractivity contribution in [3.8, 4) is 0 Å². The van der Waals surface area contributed by atoms with Crippen molar-refractivity contribution in [2.45, 2.75) is 13.5 Å². The Kier molecular flexibility index (Phi) is 3.37. The second-order valence-electron chi connectivity index (χ2n) is 3.54. The second-order valence-corrected chi connectivity index (χ2v) is 3.94. The van der Waals surface area contributed by atoms with Crippen LogP contribution in [-0.2, 0) is 6.54 Å². The van der Waals surface area contributed by atoms with Crippen LogP contribution < -0.4 is 5.32 Å². The van der Waals surface area contributed by atoms with Crippen LogP contribution >= 0.6 is 11.6 Å². The van der Waals surface area contributed by atoms with E-state index in [0.29, 0.717) is 11.6 Å². The van der Waals surface area contributed by atoms with Crippen LogP contribution in [0.3, 0.4) is 0 Å². The van der Waals surface area contributed by atoms with Crippen molar-refractivity contribution in [3.63, 3.8) is 0 Å². The Morgan fingerprint density at radius 2 is 2.12 bits per heavy atom. The van der Waals surface area contributed by atoms with Gasteiger partial charge in [-0.3, -0.25) is 9.97 Å². The summed E-state index contributed by atoms with van der Waals surface area (Å²) in [5, 5.41) is 3.86. The summed E-state index contributed by atoms with van der Waals surface area (Å²) in [5.41, 5.74) is 2.96. The van der Waals surface area contributed by atoms with E-state index in [0.717, 1.165) is 16.9 Å². The van der Waals surface area contributed by atoms with E-state index in [2.05, 4.69) is 15.3 Å². The minimum absolute atomic E-state index is 0.645. The number of rotatable bonds is 3. The first-order valence-corrected chi connectivity index (χ1v) is 5.38. The number of hydrogen-bond acceptors (Lipinski definition) is 3. The third-order valence-corrected chi connectivity index (χ3v) is 2.53. The largest absolute Gasteiger partial charge is 0.377 e. The lowest BCUT2D eigenvalue weighted by Crippen LogP contribution is -2.02. The molecule has 0 saturated carbocycles. The molecule has 0 bridgehead atoms. The molecule has 4 heteroatoms. The number of halogens is 1. The van der Waals surface area contributed by atoms with E-state index in [-0.39, 0.29) is 0 Å².